The number of cyclic esters (lactones) is 1. The number of aliphatic hydroxyl groups is 3. The molecular weight excluding hydrogens is 504 g/mol. The Morgan fingerprint density at radius 2 is 1.97 bits per heavy atom. The summed E-state index contributed by atoms with van der Waals surface area (Å²) in [5.74, 6) is -1.53. The minimum Gasteiger partial charge on any atom is -0.457 e. The number of hydrogen-bond acceptors (Lipinski definition) is 9. The molecule has 2 aliphatic heterocycles. The van der Waals surface area contributed by atoms with E-state index in [1.807, 2.05) is 20.8 Å². The van der Waals surface area contributed by atoms with Gasteiger partial charge in [-0.2, -0.15) is 0 Å². The molecule has 0 aromatic carbocycles. The number of aliphatic hydroxyl groups excluding tert-OH is 1. The maximum atomic E-state index is 12.6. The summed E-state index contributed by atoms with van der Waals surface area (Å²) in [6.45, 7) is 11.8. The number of epoxide rings is 1. The fraction of sp³-hybridized carbons (Fsp3) is 0.700. The zero-order chi connectivity index (χ0) is 29.5. The van der Waals surface area contributed by atoms with E-state index in [2.05, 4.69) is 0 Å². The second-order valence-electron chi connectivity index (χ2n) is 11.5. The Hall–Kier alpha value is -2.33. The Bertz CT molecular complexity index is 961. The van der Waals surface area contributed by atoms with Gasteiger partial charge in [-0.1, -0.05) is 45.1 Å². The Balaban J connectivity index is 2.18. The van der Waals surface area contributed by atoms with E-state index in [1.54, 1.807) is 44.2 Å². The van der Waals surface area contributed by atoms with Gasteiger partial charge < -0.3 is 29.5 Å². The molecule has 0 aliphatic carbocycles. The number of carbonyl (C=O) groups excluding carboxylic acids is 3. The highest BCUT2D eigenvalue weighted by Gasteiger charge is 2.47. The van der Waals surface area contributed by atoms with Crippen molar-refractivity contribution in [2.45, 2.75) is 122 Å². The molecule has 2 heterocycles. The van der Waals surface area contributed by atoms with Crippen LogP contribution in [0.1, 0.15) is 80.6 Å². The van der Waals surface area contributed by atoms with Crippen LogP contribution in [0.4, 0.5) is 0 Å². The molecule has 2 aliphatic rings. The van der Waals surface area contributed by atoms with Crippen LogP contribution in [-0.2, 0) is 28.6 Å². The average molecular weight is 551 g/mol. The van der Waals surface area contributed by atoms with Gasteiger partial charge in [0.25, 0.3) is 0 Å². The molecule has 0 amide bonds. The quantitative estimate of drug-likeness (QED) is 0.170. The van der Waals surface area contributed by atoms with Gasteiger partial charge in [-0.3, -0.25) is 14.4 Å². The monoisotopic (exact) mass is 550 g/mol. The lowest BCUT2D eigenvalue weighted by Crippen LogP contribution is -2.42. The summed E-state index contributed by atoms with van der Waals surface area (Å²) in [4.78, 5) is 36.2. The highest BCUT2D eigenvalue weighted by atomic mass is 16.6. The van der Waals surface area contributed by atoms with Crippen molar-refractivity contribution in [1.82, 2.24) is 0 Å². The van der Waals surface area contributed by atoms with E-state index in [0.29, 0.717) is 18.4 Å². The molecule has 9 heteroatoms. The third-order valence-corrected chi connectivity index (χ3v) is 7.47. The van der Waals surface area contributed by atoms with Crippen LogP contribution in [0.25, 0.3) is 0 Å². The molecule has 9 unspecified atom stereocenters. The van der Waals surface area contributed by atoms with Crippen LogP contribution in [0.3, 0.4) is 0 Å². The minimum absolute atomic E-state index is 0.117. The first-order valence-corrected chi connectivity index (χ1v) is 13.8. The summed E-state index contributed by atoms with van der Waals surface area (Å²) in [7, 11) is 0. The van der Waals surface area contributed by atoms with Crippen molar-refractivity contribution in [3.05, 3.63) is 36.0 Å². The Morgan fingerprint density at radius 1 is 1.31 bits per heavy atom. The van der Waals surface area contributed by atoms with Crippen LogP contribution in [0.5, 0.6) is 0 Å². The summed E-state index contributed by atoms with van der Waals surface area (Å²) in [5, 5.41) is 32.1. The van der Waals surface area contributed by atoms with E-state index >= 15 is 0 Å². The van der Waals surface area contributed by atoms with Gasteiger partial charge in [0.05, 0.1) is 30.3 Å². The van der Waals surface area contributed by atoms with E-state index in [-0.39, 0.29) is 49.1 Å². The molecule has 0 spiro atoms. The number of rotatable bonds is 9. The first-order chi connectivity index (χ1) is 18.1. The van der Waals surface area contributed by atoms with Crippen molar-refractivity contribution < 1.29 is 43.9 Å². The normalized spacial score (nSPS) is 35.6. The van der Waals surface area contributed by atoms with Gasteiger partial charge in [-0.25, -0.2) is 0 Å². The van der Waals surface area contributed by atoms with Gasteiger partial charge in [-0.05, 0) is 45.3 Å². The third kappa shape index (κ3) is 10.3. The van der Waals surface area contributed by atoms with Crippen LogP contribution < -0.4 is 0 Å². The fourth-order valence-corrected chi connectivity index (χ4v) is 4.87. The first-order valence-electron chi connectivity index (χ1n) is 13.8. The van der Waals surface area contributed by atoms with Crippen molar-refractivity contribution in [2.24, 2.45) is 11.8 Å². The molecule has 1 fully saturated rings. The Kier molecular flexibility index (Phi) is 11.7. The number of carbonyl (C=O) groups is 3. The Morgan fingerprint density at radius 3 is 2.59 bits per heavy atom. The van der Waals surface area contributed by atoms with E-state index in [0.717, 1.165) is 0 Å². The fourth-order valence-electron chi connectivity index (χ4n) is 4.87. The number of allylic oxidation sites excluding steroid dienone is 2. The number of hydrogen-bond donors (Lipinski definition) is 3. The lowest BCUT2D eigenvalue weighted by molar-refractivity contribution is -0.157. The summed E-state index contributed by atoms with van der Waals surface area (Å²) < 4.78 is 16.7. The second-order valence-corrected chi connectivity index (χ2v) is 11.5. The third-order valence-electron chi connectivity index (χ3n) is 7.47. The molecular formula is C30H46O9. The maximum absolute atomic E-state index is 12.6. The SMILES string of the molecule is CCC(=O)C(C)C1OC1CC(C)(O)/C=C/C=C(\C)C1OC(=O)CC(O)CCC(C)(O)C(OC(C)=O)/C=C/C1C. The number of Topliss-reactive ketones (excluding diaryl/α,β-unsaturated/α-hetero) is 1. The standard InChI is InChI=1S/C30H46O9/c1-8-23(33)20(4)28-24(38-28)17-29(6,35)14-9-10-18(2)27-19(3)11-12-25(37-21(5)31)30(7,36)15-13-22(32)16-26(34)39-27/h9-12,14,19-20,22,24-25,27-28,32,35-36H,8,13,15-17H2,1-7H3/b12-11+,14-9+,18-10+. The van der Waals surface area contributed by atoms with Gasteiger partial charge in [0.2, 0.25) is 0 Å². The largest absolute Gasteiger partial charge is 0.457 e. The van der Waals surface area contributed by atoms with Crippen molar-refractivity contribution in [3.8, 4) is 0 Å². The van der Waals surface area contributed by atoms with E-state index in [4.69, 9.17) is 14.2 Å². The van der Waals surface area contributed by atoms with Crippen molar-refractivity contribution in [1.29, 1.82) is 0 Å². The predicted molar refractivity (Wildman–Crippen MR) is 145 cm³/mol. The minimum atomic E-state index is -1.44. The lowest BCUT2D eigenvalue weighted by Gasteiger charge is -2.32. The van der Waals surface area contributed by atoms with Gasteiger partial charge in [0.1, 0.15) is 23.6 Å². The van der Waals surface area contributed by atoms with Crippen LogP contribution in [0.15, 0.2) is 36.0 Å². The molecule has 39 heavy (non-hydrogen) atoms. The number of esters is 2. The van der Waals surface area contributed by atoms with Gasteiger partial charge in [0.15, 0.2) is 0 Å². The van der Waals surface area contributed by atoms with Crippen molar-refractivity contribution in [3.63, 3.8) is 0 Å². The molecule has 9 nitrogen and oxygen atoms in total. The lowest BCUT2D eigenvalue weighted by atomic mass is 9.88. The van der Waals surface area contributed by atoms with Gasteiger partial charge >= 0.3 is 11.9 Å². The molecule has 0 aromatic rings. The summed E-state index contributed by atoms with van der Waals surface area (Å²) >= 11 is 0. The highest BCUT2D eigenvalue weighted by molar-refractivity contribution is 5.81. The second kappa shape index (κ2) is 13.8. The number of ketones is 1. The molecule has 220 valence electrons. The molecule has 1 saturated heterocycles. The van der Waals surface area contributed by atoms with Gasteiger partial charge in [0, 0.05) is 31.6 Å². The van der Waals surface area contributed by atoms with Gasteiger partial charge in [-0.15, -0.1) is 0 Å². The van der Waals surface area contributed by atoms with E-state index < -0.39 is 41.5 Å². The molecule has 0 saturated carbocycles. The van der Waals surface area contributed by atoms with Crippen LogP contribution in [0, 0.1) is 11.8 Å². The average Bonchev–Trinajstić information content (AvgIpc) is 3.59. The van der Waals surface area contributed by atoms with Crippen LogP contribution >= 0.6 is 0 Å². The maximum Gasteiger partial charge on any atom is 0.309 e. The van der Waals surface area contributed by atoms with E-state index in [1.165, 1.54) is 13.8 Å². The molecule has 0 bridgehead atoms. The predicted octanol–water partition coefficient (Wildman–Crippen LogP) is 3.34. The van der Waals surface area contributed by atoms with Crippen molar-refractivity contribution >= 4 is 17.7 Å². The first kappa shape index (κ1) is 32.9. The zero-order valence-corrected chi connectivity index (χ0v) is 24.3. The molecule has 0 aromatic heterocycles. The zero-order valence-electron chi connectivity index (χ0n) is 24.3. The highest BCUT2D eigenvalue weighted by Crippen LogP contribution is 2.36. The van der Waals surface area contributed by atoms with Crippen molar-refractivity contribution in [2.75, 3.05) is 0 Å². The van der Waals surface area contributed by atoms with Crippen LogP contribution in [0.2, 0.25) is 0 Å². The molecule has 3 N–H and O–H groups in total. The van der Waals surface area contributed by atoms with E-state index in [9.17, 15) is 29.7 Å². The summed E-state index contributed by atoms with van der Waals surface area (Å²) in [6.07, 6.45) is 6.16. The summed E-state index contributed by atoms with van der Waals surface area (Å²) in [6, 6.07) is 0. The number of ether oxygens (including phenoxy) is 3. The Labute approximate surface area is 231 Å². The topological polar surface area (TPSA) is 143 Å². The molecule has 2 rings (SSSR count). The smallest absolute Gasteiger partial charge is 0.309 e. The molecule has 0 radical (unpaired) electrons. The molecule has 9 atom stereocenters. The van der Waals surface area contributed by atoms with Crippen LogP contribution in [-0.4, -0.2) is 74.8 Å². The summed E-state index contributed by atoms with van der Waals surface area (Å²) in [5.41, 5.74) is -1.92.